The van der Waals surface area contributed by atoms with Crippen LogP contribution in [0.1, 0.15) is 18.1 Å². The van der Waals surface area contributed by atoms with E-state index in [1.165, 1.54) is 0 Å². The van der Waals surface area contributed by atoms with Crippen LogP contribution in [0.5, 0.6) is 0 Å². The lowest BCUT2D eigenvalue weighted by atomic mass is 10.1. The van der Waals surface area contributed by atoms with Gasteiger partial charge in [0.25, 0.3) is 0 Å². The Kier molecular flexibility index (Phi) is 7.60. The lowest BCUT2D eigenvalue weighted by Crippen LogP contribution is -2.51. The van der Waals surface area contributed by atoms with E-state index < -0.39 is 0 Å². The SMILES string of the molecule is CCOC(=O)N1CCN(CC(=O)NCC(=O)Nc2c(C)cccc2C)CC1. The minimum Gasteiger partial charge on any atom is -0.450 e. The largest absolute Gasteiger partial charge is 0.450 e. The smallest absolute Gasteiger partial charge is 0.409 e. The highest BCUT2D eigenvalue weighted by atomic mass is 16.6. The number of hydrogen-bond donors (Lipinski definition) is 2. The fraction of sp³-hybridized carbons (Fsp3) is 0.526. The summed E-state index contributed by atoms with van der Waals surface area (Å²) in [6.45, 7) is 8.36. The molecule has 1 aromatic carbocycles. The first kappa shape index (κ1) is 20.7. The first-order chi connectivity index (χ1) is 12.9. The second-order valence-electron chi connectivity index (χ2n) is 6.55. The highest BCUT2D eigenvalue weighted by Crippen LogP contribution is 2.18. The molecule has 0 saturated carbocycles. The maximum absolute atomic E-state index is 12.1. The average molecular weight is 376 g/mol. The number of carbonyl (C=O) groups excluding carboxylic acids is 3. The van der Waals surface area contributed by atoms with Crippen LogP contribution in [-0.2, 0) is 14.3 Å². The van der Waals surface area contributed by atoms with Crippen molar-refractivity contribution in [2.75, 3.05) is 51.2 Å². The Morgan fingerprint density at radius 2 is 1.67 bits per heavy atom. The number of aryl methyl sites for hydroxylation is 2. The van der Waals surface area contributed by atoms with Gasteiger partial charge in [-0.25, -0.2) is 4.79 Å². The van der Waals surface area contributed by atoms with Gasteiger partial charge in [-0.15, -0.1) is 0 Å². The number of anilines is 1. The fourth-order valence-corrected chi connectivity index (χ4v) is 2.94. The van der Waals surface area contributed by atoms with Crippen molar-refractivity contribution in [3.8, 4) is 0 Å². The molecule has 0 atom stereocenters. The number of carbonyl (C=O) groups is 3. The molecule has 0 aromatic heterocycles. The summed E-state index contributed by atoms with van der Waals surface area (Å²) >= 11 is 0. The maximum Gasteiger partial charge on any atom is 0.409 e. The van der Waals surface area contributed by atoms with Gasteiger partial charge in [0.2, 0.25) is 11.8 Å². The lowest BCUT2D eigenvalue weighted by molar-refractivity contribution is -0.125. The summed E-state index contributed by atoms with van der Waals surface area (Å²) < 4.78 is 4.97. The van der Waals surface area contributed by atoms with Crippen LogP contribution in [0, 0.1) is 13.8 Å². The Morgan fingerprint density at radius 3 is 2.26 bits per heavy atom. The normalized spacial score (nSPS) is 14.6. The van der Waals surface area contributed by atoms with Gasteiger partial charge in [-0.2, -0.15) is 0 Å². The lowest BCUT2D eigenvalue weighted by Gasteiger charge is -2.33. The Bertz CT molecular complexity index is 664. The van der Waals surface area contributed by atoms with Gasteiger partial charge >= 0.3 is 6.09 Å². The third-order valence-corrected chi connectivity index (χ3v) is 4.46. The second kappa shape index (κ2) is 9.91. The number of amides is 3. The molecular formula is C19H28N4O4. The third kappa shape index (κ3) is 6.25. The summed E-state index contributed by atoms with van der Waals surface area (Å²) in [6, 6.07) is 5.79. The molecule has 1 saturated heterocycles. The Morgan fingerprint density at radius 1 is 1.04 bits per heavy atom. The van der Waals surface area contributed by atoms with E-state index >= 15 is 0 Å². The molecule has 27 heavy (non-hydrogen) atoms. The number of nitrogens with one attached hydrogen (secondary N) is 2. The monoisotopic (exact) mass is 376 g/mol. The van der Waals surface area contributed by atoms with Crippen molar-refractivity contribution in [1.82, 2.24) is 15.1 Å². The number of hydrogen-bond acceptors (Lipinski definition) is 5. The second-order valence-corrected chi connectivity index (χ2v) is 6.55. The van der Waals surface area contributed by atoms with Crippen molar-refractivity contribution >= 4 is 23.6 Å². The summed E-state index contributed by atoms with van der Waals surface area (Å²) in [5.41, 5.74) is 2.75. The zero-order valence-corrected chi connectivity index (χ0v) is 16.2. The molecule has 0 spiro atoms. The standard InChI is InChI=1S/C19H28N4O4/c1-4-27-19(26)23-10-8-22(9-11-23)13-17(25)20-12-16(24)21-18-14(2)6-5-7-15(18)3/h5-7H,4,8-13H2,1-3H3,(H,20,25)(H,21,24). The van der Waals surface area contributed by atoms with Crippen LogP contribution in [0.15, 0.2) is 18.2 Å². The molecular weight excluding hydrogens is 348 g/mol. The molecule has 1 aromatic rings. The molecule has 2 rings (SSSR count). The fourth-order valence-electron chi connectivity index (χ4n) is 2.94. The number of ether oxygens (including phenoxy) is 1. The molecule has 0 radical (unpaired) electrons. The van der Waals surface area contributed by atoms with Crippen LogP contribution in [-0.4, -0.2) is 73.6 Å². The van der Waals surface area contributed by atoms with Crippen molar-refractivity contribution in [2.24, 2.45) is 0 Å². The van der Waals surface area contributed by atoms with Crippen molar-refractivity contribution in [1.29, 1.82) is 0 Å². The Hall–Kier alpha value is -2.61. The van der Waals surface area contributed by atoms with Crippen molar-refractivity contribution in [2.45, 2.75) is 20.8 Å². The molecule has 1 aliphatic rings. The van der Waals surface area contributed by atoms with Crippen molar-refractivity contribution < 1.29 is 19.1 Å². The number of rotatable bonds is 6. The highest BCUT2D eigenvalue weighted by molar-refractivity contribution is 5.95. The van der Waals surface area contributed by atoms with E-state index in [4.69, 9.17) is 4.74 Å². The molecule has 0 aliphatic carbocycles. The number of nitrogens with zero attached hydrogens (tertiary/aromatic N) is 2. The maximum atomic E-state index is 12.1. The van der Waals surface area contributed by atoms with E-state index in [9.17, 15) is 14.4 Å². The van der Waals surface area contributed by atoms with Crippen LogP contribution in [0.4, 0.5) is 10.5 Å². The third-order valence-electron chi connectivity index (χ3n) is 4.46. The van der Waals surface area contributed by atoms with E-state index in [1.54, 1.807) is 11.8 Å². The van der Waals surface area contributed by atoms with Crippen molar-refractivity contribution in [3.63, 3.8) is 0 Å². The van der Waals surface area contributed by atoms with E-state index in [0.717, 1.165) is 16.8 Å². The van der Waals surface area contributed by atoms with E-state index in [1.807, 2.05) is 36.9 Å². The number of piperazine rings is 1. The molecule has 0 bridgehead atoms. The predicted octanol–water partition coefficient (Wildman–Crippen LogP) is 1.13. The van der Waals surface area contributed by atoms with Gasteiger partial charge in [0.15, 0.2) is 0 Å². The summed E-state index contributed by atoms with van der Waals surface area (Å²) in [4.78, 5) is 39.4. The minimum absolute atomic E-state index is 0.0740. The molecule has 8 nitrogen and oxygen atoms in total. The molecule has 0 unspecified atom stereocenters. The van der Waals surface area contributed by atoms with Gasteiger partial charge in [0.1, 0.15) is 0 Å². The van der Waals surface area contributed by atoms with Gasteiger partial charge in [0, 0.05) is 31.9 Å². The van der Waals surface area contributed by atoms with Gasteiger partial charge in [0.05, 0.1) is 19.7 Å². The molecule has 3 amide bonds. The molecule has 8 heteroatoms. The van der Waals surface area contributed by atoms with Gasteiger partial charge < -0.3 is 20.3 Å². The Labute approximate surface area is 159 Å². The molecule has 1 aliphatic heterocycles. The quantitative estimate of drug-likeness (QED) is 0.777. The number of benzene rings is 1. The van der Waals surface area contributed by atoms with Crippen molar-refractivity contribution in [3.05, 3.63) is 29.3 Å². The van der Waals surface area contributed by atoms with Crippen LogP contribution >= 0.6 is 0 Å². The average Bonchev–Trinajstić information content (AvgIpc) is 2.64. The van der Waals surface area contributed by atoms with E-state index in [0.29, 0.717) is 32.8 Å². The zero-order chi connectivity index (χ0) is 19.8. The van der Waals surface area contributed by atoms with Crippen LogP contribution in [0.25, 0.3) is 0 Å². The molecule has 1 fully saturated rings. The zero-order valence-electron chi connectivity index (χ0n) is 16.2. The molecule has 2 N–H and O–H groups in total. The minimum atomic E-state index is -0.315. The first-order valence-electron chi connectivity index (χ1n) is 9.17. The first-order valence-corrected chi connectivity index (χ1v) is 9.17. The Balaban J connectivity index is 1.71. The van der Waals surface area contributed by atoms with E-state index in [-0.39, 0.29) is 31.0 Å². The molecule has 148 valence electrons. The summed E-state index contributed by atoms with van der Waals surface area (Å²) in [5, 5.41) is 5.49. The molecule has 1 heterocycles. The van der Waals surface area contributed by atoms with Gasteiger partial charge in [-0.1, -0.05) is 18.2 Å². The predicted molar refractivity (Wildman–Crippen MR) is 103 cm³/mol. The van der Waals surface area contributed by atoms with Gasteiger partial charge in [-0.3, -0.25) is 14.5 Å². The topological polar surface area (TPSA) is 91.0 Å². The van der Waals surface area contributed by atoms with E-state index in [2.05, 4.69) is 10.6 Å². The van der Waals surface area contributed by atoms with Gasteiger partial charge in [-0.05, 0) is 31.9 Å². The van der Waals surface area contributed by atoms with Crippen LogP contribution in [0.2, 0.25) is 0 Å². The summed E-state index contributed by atoms with van der Waals surface area (Å²) in [5.74, 6) is -0.468. The number of para-hydroxylation sites is 1. The highest BCUT2D eigenvalue weighted by Gasteiger charge is 2.23. The summed E-state index contributed by atoms with van der Waals surface area (Å²) in [7, 11) is 0. The van der Waals surface area contributed by atoms with Crippen LogP contribution in [0.3, 0.4) is 0 Å². The van der Waals surface area contributed by atoms with Crippen LogP contribution < -0.4 is 10.6 Å². The summed E-state index contributed by atoms with van der Waals surface area (Å²) in [6.07, 6.45) is -0.315.